The minimum absolute atomic E-state index is 0.0477. The Bertz CT molecular complexity index is 983. The quantitative estimate of drug-likeness (QED) is 0.568. The van der Waals surface area contributed by atoms with Gasteiger partial charge in [0.25, 0.3) is 5.91 Å². The van der Waals surface area contributed by atoms with Gasteiger partial charge < -0.3 is 14.8 Å². The van der Waals surface area contributed by atoms with Gasteiger partial charge in [-0.15, -0.1) is 10.2 Å². The van der Waals surface area contributed by atoms with Crippen molar-refractivity contribution in [2.45, 2.75) is 19.1 Å². The zero-order chi connectivity index (χ0) is 20.8. The summed E-state index contributed by atoms with van der Waals surface area (Å²) in [6, 6.07) is 9.22. The van der Waals surface area contributed by atoms with Crippen LogP contribution in [0.3, 0.4) is 0 Å². The van der Waals surface area contributed by atoms with Crippen LogP contribution in [0.5, 0.6) is 11.5 Å². The first-order chi connectivity index (χ1) is 14.0. The molecule has 29 heavy (non-hydrogen) atoms. The van der Waals surface area contributed by atoms with Crippen molar-refractivity contribution in [3.63, 3.8) is 0 Å². The number of pyridine rings is 1. The Kier molecular flexibility index (Phi) is 6.86. The topological polar surface area (TPSA) is 77.8 Å². The number of hydrogen-bond donors (Lipinski definition) is 1. The molecule has 0 spiro atoms. The summed E-state index contributed by atoms with van der Waals surface area (Å²) in [5.74, 6) is 0.947. The van der Waals surface area contributed by atoms with Gasteiger partial charge in [0, 0.05) is 11.8 Å². The number of nitrogens with zero attached hydrogens (tertiary/aromatic N) is 3. The molecule has 0 aliphatic carbocycles. The van der Waals surface area contributed by atoms with Crippen LogP contribution in [0.25, 0.3) is 5.65 Å². The molecule has 2 aromatic heterocycles. The molecule has 0 saturated heterocycles. The van der Waals surface area contributed by atoms with Crippen LogP contribution in [0, 0.1) is 0 Å². The van der Waals surface area contributed by atoms with E-state index in [1.165, 1.54) is 25.3 Å². The molecule has 7 nitrogen and oxygen atoms in total. The van der Waals surface area contributed by atoms with E-state index in [-0.39, 0.29) is 29.0 Å². The Morgan fingerprint density at radius 2 is 2.07 bits per heavy atom. The molecule has 2 heterocycles. The highest BCUT2D eigenvalue weighted by atomic mass is 32.2. The lowest BCUT2D eigenvalue weighted by molar-refractivity contribution is -0.0512. The number of amides is 1. The molecule has 0 saturated carbocycles. The van der Waals surface area contributed by atoms with E-state index < -0.39 is 6.61 Å². The summed E-state index contributed by atoms with van der Waals surface area (Å²) in [6.45, 7) is -2.99. The monoisotopic (exact) mass is 422 g/mol. The molecule has 0 aliphatic heterocycles. The fraction of sp³-hybridized carbons (Fsp3) is 0.316. The van der Waals surface area contributed by atoms with Crippen LogP contribution in [0.15, 0.2) is 42.6 Å². The Hall–Kier alpha value is -2.88. The smallest absolute Gasteiger partial charge is 0.387 e. The summed E-state index contributed by atoms with van der Waals surface area (Å²) in [7, 11) is 1.32. The highest BCUT2D eigenvalue weighted by Crippen LogP contribution is 2.30. The zero-order valence-electron chi connectivity index (χ0n) is 15.8. The van der Waals surface area contributed by atoms with Gasteiger partial charge in [0.05, 0.1) is 13.2 Å². The number of ether oxygens (including phenoxy) is 2. The van der Waals surface area contributed by atoms with E-state index in [0.29, 0.717) is 17.9 Å². The van der Waals surface area contributed by atoms with E-state index in [4.69, 9.17) is 4.74 Å². The second-order valence-corrected chi connectivity index (χ2v) is 7.02. The standard InChI is InChI=1S/C19H20F2N4O3S/c1-27-15-11-12(6-7-14(15)28-19(20)21)18(26)22-13(8-10-29-2)17-24-23-16-5-3-4-9-25(16)17/h3-7,9,11,13,19H,8,10H2,1-2H3,(H,22,26). The van der Waals surface area contributed by atoms with E-state index in [9.17, 15) is 13.6 Å². The molecule has 1 aromatic carbocycles. The van der Waals surface area contributed by atoms with E-state index in [1.807, 2.05) is 35.1 Å². The third kappa shape index (κ3) is 4.94. The fourth-order valence-corrected chi connectivity index (χ4v) is 3.31. The predicted molar refractivity (Wildman–Crippen MR) is 106 cm³/mol. The average Bonchev–Trinajstić information content (AvgIpc) is 3.15. The summed E-state index contributed by atoms with van der Waals surface area (Å²) < 4.78 is 36.3. The summed E-state index contributed by atoms with van der Waals surface area (Å²) in [5, 5.41) is 11.3. The number of aromatic nitrogens is 3. The van der Waals surface area contributed by atoms with Crippen molar-refractivity contribution in [1.82, 2.24) is 19.9 Å². The minimum atomic E-state index is -2.99. The Morgan fingerprint density at radius 3 is 2.79 bits per heavy atom. The molecule has 0 radical (unpaired) electrons. The average molecular weight is 422 g/mol. The van der Waals surface area contributed by atoms with Crippen LogP contribution in [-0.2, 0) is 0 Å². The first kappa shape index (κ1) is 20.8. The number of carbonyl (C=O) groups is 1. The van der Waals surface area contributed by atoms with Crippen LogP contribution in [0.4, 0.5) is 8.78 Å². The molecule has 1 amide bonds. The van der Waals surface area contributed by atoms with Crippen molar-refractivity contribution in [2.24, 2.45) is 0 Å². The number of nitrogens with one attached hydrogen (secondary N) is 1. The summed E-state index contributed by atoms with van der Waals surface area (Å²) in [6.07, 6.45) is 4.46. The number of hydrogen-bond acceptors (Lipinski definition) is 6. The van der Waals surface area contributed by atoms with Crippen molar-refractivity contribution in [2.75, 3.05) is 19.1 Å². The molecule has 0 fully saturated rings. The number of fused-ring (bicyclic) bond motifs is 1. The first-order valence-corrected chi connectivity index (χ1v) is 10.1. The number of alkyl halides is 2. The number of methoxy groups -OCH3 is 1. The number of carbonyl (C=O) groups excluding carboxylic acids is 1. The van der Waals surface area contributed by atoms with Gasteiger partial charge in [-0.3, -0.25) is 9.20 Å². The van der Waals surface area contributed by atoms with Crippen molar-refractivity contribution >= 4 is 23.3 Å². The van der Waals surface area contributed by atoms with Gasteiger partial charge in [-0.05, 0) is 48.8 Å². The maximum atomic E-state index is 12.8. The van der Waals surface area contributed by atoms with E-state index in [0.717, 1.165) is 5.75 Å². The van der Waals surface area contributed by atoms with Crippen LogP contribution < -0.4 is 14.8 Å². The summed E-state index contributed by atoms with van der Waals surface area (Å²) >= 11 is 1.65. The normalized spacial score (nSPS) is 12.2. The van der Waals surface area contributed by atoms with E-state index >= 15 is 0 Å². The lowest BCUT2D eigenvalue weighted by atomic mass is 10.1. The van der Waals surface area contributed by atoms with Gasteiger partial charge in [-0.25, -0.2) is 0 Å². The molecule has 1 unspecified atom stereocenters. The van der Waals surface area contributed by atoms with Gasteiger partial charge >= 0.3 is 6.61 Å². The predicted octanol–water partition coefficient (Wildman–Crippen LogP) is 3.56. The molecule has 154 valence electrons. The summed E-state index contributed by atoms with van der Waals surface area (Å²) in [4.78, 5) is 12.8. The highest BCUT2D eigenvalue weighted by molar-refractivity contribution is 7.98. The highest BCUT2D eigenvalue weighted by Gasteiger charge is 2.22. The number of rotatable bonds is 9. The number of halogens is 2. The van der Waals surface area contributed by atoms with Crippen LogP contribution in [-0.4, -0.2) is 46.2 Å². The minimum Gasteiger partial charge on any atom is -0.493 e. The van der Waals surface area contributed by atoms with Crippen LogP contribution in [0.1, 0.15) is 28.6 Å². The first-order valence-electron chi connectivity index (χ1n) is 8.75. The van der Waals surface area contributed by atoms with Gasteiger partial charge in [0.1, 0.15) is 0 Å². The van der Waals surface area contributed by atoms with Crippen molar-refractivity contribution in [3.8, 4) is 11.5 Å². The molecule has 3 aromatic rings. The molecule has 10 heteroatoms. The fourth-order valence-electron chi connectivity index (χ4n) is 2.84. The molecule has 1 atom stereocenters. The molecule has 3 rings (SSSR count). The Labute approximate surface area is 170 Å². The lowest BCUT2D eigenvalue weighted by Gasteiger charge is -2.18. The Morgan fingerprint density at radius 1 is 1.24 bits per heavy atom. The summed E-state index contributed by atoms with van der Waals surface area (Å²) in [5.41, 5.74) is 0.938. The van der Waals surface area contributed by atoms with E-state index in [2.05, 4.69) is 20.3 Å². The van der Waals surface area contributed by atoms with Gasteiger partial charge in [-0.1, -0.05) is 6.07 Å². The molecule has 0 bridgehead atoms. The van der Waals surface area contributed by atoms with Gasteiger partial charge in [-0.2, -0.15) is 20.5 Å². The SMILES string of the molecule is COc1cc(C(=O)NC(CCSC)c2nnc3ccccn23)ccc1OC(F)F. The largest absolute Gasteiger partial charge is 0.493 e. The second kappa shape index (κ2) is 9.55. The zero-order valence-corrected chi connectivity index (χ0v) is 16.7. The molecular weight excluding hydrogens is 402 g/mol. The molecule has 0 aliphatic rings. The van der Waals surface area contributed by atoms with Crippen molar-refractivity contribution in [3.05, 3.63) is 54.0 Å². The lowest BCUT2D eigenvalue weighted by Crippen LogP contribution is -2.30. The number of benzene rings is 1. The van der Waals surface area contributed by atoms with Crippen molar-refractivity contribution < 1.29 is 23.0 Å². The van der Waals surface area contributed by atoms with Gasteiger partial charge in [0.2, 0.25) is 0 Å². The molecular formula is C19H20F2N4O3S. The third-order valence-corrected chi connectivity index (χ3v) is 4.85. The van der Waals surface area contributed by atoms with Crippen LogP contribution in [0.2, 0.25) is 0 Å². The number of thioether (sulfide) groups is 1. The second-order valence-electron chi connectivity index (χ2n) is 6.04. The van der Waals surface area contributed by atoms with Crippen molar-refractivity contribution in [1.29, 1.82) is 0 Å². The Balaban J connectivity index is 1.85. The van der Waals surface area contributed by atoms with Gasteiger partial charge in [0.15, 0.2) is 23.0 Å². The third-order valence-electron chi connectivity index (χ3n) is 4.21. The maximum absolute atomic E-state index is 12.8. The molecule has 1 N–H and O–H groups in total. The van der Waals surface area contributed by atoms with Crippen LogP contribution >= 0.6 is 11.8 Å². The maximum Gasteiger partial charge on any atom is 0.387 e. The van der Waals surface area contributed by atoms with E-state index in [1.54, 1.807) is 11.8 Å².